The Kier molecular flexibility index (Phi) is 7.92. The molecule has 0 atom stereocenters. The number of benzene rings is 2. The van der Waals surface area contributed by atoms with Gasteiger partial charge in [0.05, 0.1) is 0 Å². The van der Waals surface area contributed by atoms with Crippen molar-refractivity contribution in [1.82, 2.24) is 10.4 Å². The SMILES string of the molecule is CN(NC(=O)c1ccc(CN)cc1)C(=O)c1ccc(OCC(=O)O)c(OCC(=O)O)c1. The second-order valence-electron chi connectivity index (χ2n) is 6.23. The molecule has 2 aromatic rings. The van der Waals surface area contributed by atoms with Gasteiger partial charge in [0, 0.05) is 24.7 Å². The Morgan fingerprint density at radius 1 is 0.903 bits per heavy atom. The summed E-state index contributed by atoms with van der Waals surface area (Å²) < 4.78 is 10.1. The quantitative estimate of drug-likeness (QED) is 0.413. The van der Waals surface area contributed by atoms with Crippen molar-refractivity contribution in [3.8, 4) is 11.5 Å². The number of nitrogens with one attached hydrogen (secondary N) is 1. The highest BCUT2D eigenvalue weighted by Gasteiger charge is 2.18. The van der Waals surface area contributed by atoms with Gasteiger partial charge in [-0.3, -0.25) is 20.0 Å². The van der Waals surface area contributed by atoms with Gasteiger partial charge >= 0.3 is 11.9 Å². The number of carboxylic acid groups (broad SMARTS) is 2. The Morgan fingerprint density at radius 2 is 1.45 bits per heavy atom. The van der Waals surface area contributed by atoms with Crippen LogP contribution < -0.4 is 20.6 Å². The van der Waals surface area contributed by atoms with Gasteiger partial charge in [0.25, 0.3) is 11.8 Å². The van der Waals surface area contributed by atoms with Gasteiger partial charge in [0.15, 0.2) is 24.7 Å². The minimum atomic E-state index is -1.27. The number of carbonyl (C=O) groups excluding carboxylic acids is 2. The molecule has 0 spiro atoms. The number of nitrogens with zero attached hydrogens (tertiary/aromatic N) is 1. The molecule has 0 heterocycles. The van der Waals surface area contributed by atoms with E-state index >= 15 is 0 Å². The molecule has 0 radical (unpaired) electrons. The topological polar surface area (TPSA) is 168 Å². The van der Waals surface area contributed by atoms with E-state index in [2.05, 4.69) is 5.43 Å². The number of hydrazine groups is 1. The number of hydrogen-bond acceptors (Lipinski definition) is 7. The summed E-state index contributed by atoms with van der Waals surface area (Å²) in [4.78, 5) is 46.5. The third kappa shape index (κ3) is 6.72. The summed E-state index contributed by atoms with van der Waals surface area (Å²) in [6.45, 7) is -1.08. The molecule has 2 amide bonds. The second kappa shape index (κ2) is 10.6. The molecule has 0 aliphatic heterocycles. The predicted octanol–water partition coefficient (Wildman–Crippen LogP) is 0.489. The molecule has 0 bridgehead atoms. The average Bonchev–Trinajstić information content (AvgIpc) is 2.75. The molecule has 0 saturated heterocycles. The van der Waals surface area contributed by atoms with Crippen molar-refractivity contribution in [2.45, 2.75) is 6.54 Å². The molecule has 0 unspecified atom stereocenters. The van der Waals surface area contributed by atoms with Crippen LogP contribution in [0.2, 0.25) is 0 Å². The molecule has 0 aliphatic carbocycles. The lowest BCUT2D eigenvalue weighted by molar-refractivity contribution is -0.140. The minimum Gasteiger partial charge on any atom is -0.479 e. The zero-order valence-corrected chi connectivity index (χ0v) is 16.5. The van der Waals surface area contributed by atoms with Gasteiger partial charge in [-0.25, -0.2) is 9.59 Å². The second-order valence-corrected chi connectivity index (χ2v) is 6.23. The number of amides is 2. The van der Waals surface area contributed by atoms with Gasteiger partial charge in [0.2, 0.25) is 0 Å². The Balaban J connectivity index is 2.15. The summed E-state index contributed by atoms with van der Waals surface area (Å²) in [6, 6.07) is 10.3. The van der Waals surface area contributed by atoms with Crippen molar-refractivity contribution in [3.63, 3.8) is 0 Å². The zero-order chi connectivity index (χ0) is 23.0. The van der Waals surface area contributed by atoms with Crippen LogP contribution in [0.25, 0.3) is 0 Å². The van der Waals surface area contributed by atoms with E-state index < -0.39 is 37.0 Å². The highest BCUT2D eigenvalue weighted by molar-refractivity contribution is 5.99. The molecule has 164 valence electrons. The highest BCUT2D eigenvalue weighted by Crippen LogP contribution is 2.29. The van der Waals surface area contributed by atoms with Crippen molar-refractivity contribution in [1.29, 1.82) is 0 Å². The van der Waals surface area contributed by atoms with E-state index in [1.807, 2.05) is 0 Å². The molecule has 2 aromatic carbocycles. The zero-order valence-electron chi connectivity index (χ0n) is 16.5. The fourth-order valence-corrected chi connectivity index (χ4v) is 2.41. The number of nitrogens with two attached hydrogens (primary N) is 1. The molecule has 0 aliphatic rings. The standard InChI is InChI=1S/C20H21N3O8/c1-23(22-19(28)13-4-2-12(9-21)3-5-13)20(29)14-6-7-15(30-10-17(24)25)16(8-14)31-11-18(26)27/h2-8H,9-11,21H2,1H3,(H,22,28)(H,24,25)(H,26,27). The maximum atomic E-state index is 12.7. The molecule has 2 rings (SSSR count). The average molecular weight is 431 g/mol. The number of carbonyl (C=O) groups is 4. The first-order valence-electron chi connectivity index (χ1n) is 8.92. The molecule has 31 heavy (non-hydrogen) atoms. The molecule has 0 saturated carbocycles. The van der Waals surface area contributed by atoms with Gasteiger partial charge in [-0.1, -0.05) is 12.1 Å². The van der Waals surface area contributed by atoms with E-state index in [0.717, 1.165) is 10.6 Å². The van der Waals surface area contributed by atoms with E-state index in [4.69, 9.17) is 25.4 Å². The van der Waals surface area contributed by atoms with Crippen molar-refractivity contribution in [2.24, 2.45) is 5.73 Å². The van der Waals surface area contributed by atoms with Crippen LogP contribution in [-0.4, -0.2) is 59.2 Å². The van der Waals surface area contributed by atoms with Crippen molar-refractivity contribution < 1.29 is 38.9 Å². The van der Waals surface area contributed by atoms with Crippen LogP contribution in [-0.2, 0) is 16.1 Å². The molecular weight excluding hydrogens is 410 g/mol. The van der Waals surface area contributed by atoms with Gasteiger partial charge in [-0.05, 0) is 35.9 Å². The number of rotatable bonds is 9. The third-order valence-electron chi connectivity index (χ3n) is 3.92. The van der Waals surface area contributed by atoms with Crippen LogP contribution >= 0.6 is 0 Å². The van der Waals surface area contributed by atoms with Gasteiger partial charge in [0.1, 0.15) is 0 Å². The largest absolute Gasteiger partial charge is 0.479 e. The van der Waals surface area contributed by atoms with Crippen molar-refractivity contribution in [2.75, 3.05) is 20.3 Å². The fraction of sp³-hybridized carbons (Fsp3) is 0.200. The van der Waals surface area contributed by atoms with E-state index in [0.29, 0.717) is 12.1 Å². The highest BCUT2D eigenvalue weighted by atomic mass is 16.5. The minimum absolute atomic E-state index is 0.0457. The normalized spacial score (nSPS) is 10.1. The van der Waals surface area contributed by atoms with Crippen LogP contribution in [0.15, 0.2) is 42.5 Å². The monoisotopic (exact) mass is 431 g/mol. The third-order valence-corrected chi connectivity index (χ3v) is 3.92. The predicted molar refractivity (Wildman–Crippen MR) is 107 cm³/mol. The molecule has 5 N–H and O–H groups in total. The molecule has 0 aromatic heterocycles. The molecule has 11 nitrogen and oxygen atoms in total. The molecule has 11 heteroatoms. The Bertz CT molecular complexity index is 975. The van der Waals surface area contributed by atoms with E-state index in [1.54, 1.807) is 24.3 Å². The Labute approximate surface area is 176 Å². The lowest BCUT2D eigenvalue weighted by Gasteiger charge is -2.19. The van der Waals surface area contributed by atoms with Crippen LogP contribution in [0, 0.1) is 0 Å². The number of aliphatic carboxylic acids is 2. The Morgan fingerprint density at radius 3 is 2.00 bits per heavy atom. The smallest absolute Gasteiger partial charge is 0.341 e. The van der Waals surface area contributed by atoms with Crippen LogP contribution in [0.1, 0.15) is 26.3 Å². The van der Waals surface area contributed by atoms with Crippen molar-refractivity contribution in [3.05, 3.63) is 59.2 Å². The first-order chi connectivity index (χ1) is 14.7. The molecule has 0 fully saturated rings. The number of carboxylic acids is 2. The van der Waals surface area contributed by atoms with Gasteiger partial charge in [-0.2, -0.15) is 0 Å². The van der Waals surface area contributed by atoms with Crippen LogP contribution in [0.3, 0.4) is 0 Å². The first kappa shape index (κ1) is 23.2. The maximum Gasteiger partial charge on any atom is 0.341 e. The van der Waals surface area contributed by atoms with E-state index in [1.165, 1.54) is 25.2 Å². The van der Waals surface area contributed by atoms with Crippen LogP contribution in [0.5, 0.6) is 11.5 Å². The Hall–Kier alpha value is -4.12. The first-order valence-corrected chi connectivity index (χ1v) is 8.92. The summed E-state index contributed by atoms with van der Waals surface area (Å²) in [7, 11) is 1.33. The van der Waals surface area contributed by atoms with E-state index in [-0.39, 0.29) is 17.1 Å². The summed E-state index contributed by atoms with van der Waals surface area (Å²) in [5, 5.41) is 18.5. The summed E-state index contributed by atoms with van der Waals surface area (Å²) in [6.07, 6.45) is 0. The maximum absolute atomic E-state index is 12.7. The lowest BCUT2D eigenvalue weighted by Crippen LogP contribution is -2.43. The fourth-order valence-electron chi connectivity index (χ4n) is 2.41. The summed E-state index contributed by atoms with van der Waals surface area (Å²) in [5.74, 6) is -3.85. The van der Waals surface area contributed by atoms with E-state index in [9.17, 15) is 19.2 Å². The lowest BCUT2D eigenvalue weighted by atomic mass is 10.1. The summed E-state index contributed by atoms with van der Waals surface area (Å²) in [5.41, 5.74) is 9.16. The van der Waals surface area contributed by atoms with Crippen LogP contribution in [0.4, 0.5) is 0 Å². The molecular formula is C20H21N3O8. The number of hydrogen-bond donors (Lipinski definition) is 4. The van der Waals surface area contributed by atoms with Crippen molar-refractivity contribution >= 4 is 23.8 Å². The van der Waals surface area contributed by atoms with Gasteiger partial charge < -0.3 is 25.4 Å². The van der Waals surface area contributed by atoms with Gasteiger partial charge in [-0.15, -0.1) is 0 Å². The summed E-state index contributed by atoms with van der Waals surface area (Å²) >= 11 is 0. The number of ether oxygens (including phenoxy) is 2.